The predicted octanol–water partition coefficient (Wildman–Crippen LogP) is -0.0698. The molecule has 0 bridgehead atoms. The Bertz CT molecular complexity index is 284. The number of ketones is 1. The summed E-state index contributed by atoms with van der Waals surface area (Å²) in [6.07, 6.45) is 1.39. The van der Waals surface area contributed by atoms with Crippen LogP contribution < -0.4 is 0 Å². The summed E-state index contributed by atoms with van der Waals surface area (Å²) in [5.74, 6) is -0.577. The van der Waals surface area contributed by atoms with Crippen LogP contribution in [0.2, 0.25) is 0 Å². The van der Waals surface area contributed by atoms with E-state index >= 15 is 0 Å². The van der Waals surface area contributed by atoms with E-state index in [0.29, 0.717) is 5.57 Å². The maximum atomic E-state index is 10.8. The first-order valence-corrected chi connectivity index (χ1v) is 4.72. The summed E-state index contributed by atoms with van der Waals surface area (Å²) in [4.78, 5) is 10.6. The summed E-state index contributed by atoms with van der Waals surface area (Å²) < 4.78 is 21.6. The van der Waals surface area contributed by atoms with E-state index in [9.17, 15) is 13.2 Å². The minimum Gasteiger partial charge on any atom is -0.294 e. The largest absolute Gasteiger partial charge is 0.294 e. The van der Waals surface area contributed by atoms with Crippen molar-refractivity contribution in [2.24, 2.45) is 0 Å². The average Bonchev–Trinajstić information content (AvgIpc) is 1.54. The fourth-order valence-electron chi connectivity index (χ4n) is 0.973. The van der Waals surface area contributed by atoms with Gasteiger partial charge < -0.3 is 0 Å². The molecule has 0 fully saturated rings. The molecule has 0 unspecified atom stereocenters. The molecule has 1 rings (SSSR count). The van der Waals surface area contributed by atoms with Gasteiger partial charge in [0.25, 0.3) is 0 Å². The zero-order valence-corrected chi connectivity index (χ0v) is 6.44. The van der Waals surface area contributed by atoms with Crippen molar-refractivity contribution in [3.63, 3.8) is 0 Å². The predicted molar refractivity (Wildman–Crippen MR) is 37.4 cm³/mol. The third-order valence-electron chi connectivity index (χ3n) is 1.22. The molecule has 1 aliphatic rings. The molecule has 0 spiro atoms. The maximum absolute atomic E-state index is 10.8. The molecule has 0 saturated heterocycles. The van der Waals surface area contributed by atoms with Gasteiger partial charge in [-0.1, -0.05) is 5.57 Å². The van der Waals surface area contributed by atoms with E-state index in [1.54, 1.807) is 6.92 Å². The van der Waals surface area contributed by atoms with Crippen molar-refractivity contribution in [1.29, 1.82) is 0 Å². The van der Waals surface area contributed by atoms with Gasteiger partial charge in [-0.25, -0.2) is 8.42 Å². The van der Waals surface area contributed by atoms with Crippen LogP contribution in [-0.4, -0.2) is 25.7 Å². The second-order valence-electron chi connectivity index (χ2n) is 2.49. The number of hydrogen-bond acceptors (Lipinski definition) is 3. The van der Waals surface area contributed by atoms with Crippen LogP contribution in [0.1, 0.15) is 6.92 Å². The van der Waals surface area contributed by atoms with Crippen molar-refractivity contribution in [2.45, 2.75) is 6.92 Å². The smallest absolute Gasteiger partial charge is 0.170 e. The van der Waals surface area contributed by atoms with Gasteiger partial charge in [-0.3, -0.25) is 4.79 Å². The van der Waals surface area contributed by atoms with E-state index in [0.717, 1.165) is 0 Å². The molecule has 56 valence electrons. The molecular weight excluding hydrogens is 152 g/mol. The number of sulfone groups is 1. The molecule has 1 aliphatic heterocycles. The quantitative estimate of drug-likeness (QED) is 0.498. The van der Waals surface area contributed by atoms with Gasteiger partial charge in [0, 0.05) is 0 Å². The molecule has 0 amide bonds. The molecular formula is C6H8O3S. The normalized spacial score (nSPS) is 24.1. The Balaban J connectivity index is 3.02. The van der Waals surface area contributed by atoms with Crippen molar-refractivity contribution < 1.29 is 13.2 Å². The summed E-state index contributed by atoms with van der Waals surface area (Å²) in [7, 11) is -3.10. The van der Waals surface area contributed by atoms with E-state index < -0.39 is 9.84 Å². The van der Waals surface area contributed by atoms with Gasteiger partial charge in [-0.15, -0.1) is 0 Å². The molecule has 10 heavy (non-hydrogen) atoms. The first kappa shape index (κ1) is 7.47. The Morgan fingerprint density at radius 2 is 2.00 bits per heavy atom. The van der Waals surface area contributed by atoms with Gasteiger partial charge in [0.15, 0.2) is 15.6 Å². The lowest BCUT2D eigenvalue weighted by atomic mass is 10.2. The van der Waals surface area contributed by atoms with Gasteiger partial charge in [0.05, 0.1) is 5.75 Å². The van der Waals surface area contributed by atoms with Gasteiger partial charge >= 0.3 is 0 Å². The van der Waals surface area contributed by atoms with Crippen molar-refractivity contribution in [2.75, 3.05) is 11.5 Å². The van der Waals surface area contributed by atoms with Gasteiger partial charge in [0.1, 0.15) is 5.75 Å². The van der Waals surface area contributed by atoms with Gasteiger partial charge in [-0.2, -0.15) is 0 Å². The Morgan fingerprint density at radius 3 is 2.40 bits per heavy atom. The highest BCUT2D eigenvalue weighted by atomic mass is 32.2. The number of carbonyl (C=O) groups excluding carboxylic acids is 1. The SMILES string of the molecule is CC1=CC(=O)CS(=O)(=O)C1. The number of carbonyl (C=O) groups is 1. The first-order chi connectivity index (χ1) is 4.49. The minimum atomic E-state index is -3.10. The van der Waals surface area contributed by atoms with Crippen LogP contribution >= 0.6 is 0 Å². The second kappa shape index (κ2) is 2.20. The van der Waals surface area contributed by atoms with Crippen molar-refractivity contribution >= 4 is 15.6 Å². The molecule has 0 atom stereocenters. The summed E-state index contributed by atoms with van der Waals surface area (Å²) in [6.45, 7) is 1.65. The monoisotopic (exact) mass is 160 g/mol. The molecule has 0 aromatic heterocycles. The van der Waals surface area contributed by atoms with E-state index in [1.807, 2.05) is 0 Å². The van der Waals surface area contributed by atoms with E-state index in [1.165, 1.54) is 6.08 Å². The van der Waals surface area contributed by atoms with Crippen molar-refractivity contribution in [1.82, 2.24) is 0 Å². The molecule has 4 heteroatoms. The third-order valence-corrected chi connectivity index (χ3v) is 2.84. The Hall–Kier alpha value is -0.640. The molecule has 0 saturated carbocycles. The first-order valence-electron chi connectivity index (χ1n) is 2.90. The zero-order valence-electron chi connectivity index (χ0n) is 5.62. The van der Waals surface area contributed by atoms with Crippen molar-refractivity contribution in [3.8, 4) is 0 Å². The zero-order chi connectivity index (χ0) is 7.78. The van der Waals surface area contributed by atoms with Crippen LogP contribution in [0.25, 0.3) is 0 Å². The summed E-state index contributed by atoms with van der Waals surface area (Å²) in [6, 6.07) is 0. The van der Waals surface area contributed by atoms with Crippen LogP contribution in [0.15, 0.2) is 11.6 Å². The molecule has 0 radical (unpaired) electrons. The third kappa shape index (κ3) is 1.67. The van der Waals surface area contributed by atoms with Gasteiger partial charge in [-0.05, 0) is 13.0 Å². The Morgan fingerprint density at radius 1 is 1.40 bits per heavy atom. The van der Waals surface area contributed by atoms with Crippen LogP contribution in [0.4, 0.5) is 0 Å². The second-order valence-corrected chi connectivity index (χ2v) is 4.55. The van der Waals surface area contributed by atoms with E-state index in [2.05, 4.69) is 0 Å². The fraction of sp³-hybridized carbons (Fsp3) is 0.500. The summed E-state index contributed by atoms with van der Waals surface area (Å²) in [5.41, 5.74) is 0.635. The van der Waals surface area contributed by atoms with Crippen molar-refractivity contribution in [3.05, 3.63) is 11.6 Å². The van der Waals surface area contributed by atoms with Crippen LogP contribution in [-0.2, 0) is 14.6 Å². The van der Waals surface area contributed by atoms with Gasteiger partial charge in [0.2, 0.25) is 0 Å². The molecule has 0 aromatic carbocycles. The molecule has 0 aliphatic carbocycles. The lowest BCUT2D eigenvalue weighted by molar-refractivity contribution is -0.112. The fourth-order valence-corrected chi connectivity index (χ4v) is 2.37. The number of rotatable bonds is 0. The maximum Gasteiger partial charge on any atom is 0.170 e. The number of hydrogen-bond donors (Lipinski definition) is 0. The molecule has 0 aromatic rings. The summed E-state index contributed by atoms with van der Waals surface area (Å²) >= 11 is 0. The highest BCUT2D eigenvalue weighted by Crippen LogP contribution is 2.07. The highest BCUT2D eigenvalue weighted by molar-refractivity contribution is 7.92. The lowest BCUT2D eigenvalue weighted by Crippen LogP contribution is -2.23. The Kier molecular flexibility index (Phi) is 1.64. The molecule has 3 nitrogen and oxygen atoms in total. The Labute approximate surface area is 59.7 Å². The highest BCUT2D eigenvalue weighted by Gasteiger charge is 2.20. The van der Waals surface area contributed by atoms with E-state index in [4.69, 9.17) is 0 Å². The standard InChI is InChI=1S/C6H8O3S/c1-5-2-6(7)4-10(8,9)3-5/h2H,3-4H2,1H3. The van der Waals surface area contributed by atoms with Crippen LogP contribution in [0.3, 0.4) is 0 Å². The minimum absolute atomic E-state index is 0.0404. The topological polar surface area (TPSA) is 51.2 Å². The van der Waals surface area contributed by atoms with E-state index in [-0.39, 0.29) is 17.3 Å². The lowest BCUT2D eigenvalue weighted by Gasteiger charge is -2.07. The number of allylic oxidation sites excluding steroid dienone is 1. The van der Waals surface area contributed by atoms with Crippen LogP contribution in [0, 0.1) is 0 Å². The average molecular weight is 160 g/mol. The van der Waals surface area contributed by atoms with Crippen LogP contribution in [0.5, 0.6) is 0 Å². The molecule has 0 N–H and O–H groups in total. The summed E-state index contributed by atoms with van der Waals surface area (Å²) in [5, 5.41) is 0. The molecule has 1 heterocycles.